The summed E-state index contributed by atoms with van der Waals surface area (Å²) < 4.78 is 0. The fourth-order valence-corrected chi connectivity index (χ4v) is 4.82. The van der Waals surface area contributed by atoms with Gasteiger partial charge in [0.1, 0.15) is 0 Å². The number of rotatable bonds is 3. The predicted molar refractivity (Wildman–Crippen MR) is 73.6 cm³/mol. The summed E-state index contributed by atoms with van der Waals surface area (Å²) in [6.07, 6.45) is 5.72. The van der Waals surface area contributed by atoms with E-state index in [2.05, 4.69) is 22.0 Å². The molecule has 1 saturated carbocycles. The van der Waals surface area contributed by atoms with E-state index >= 15 is 0 Å². The smallest absolute Gasteiger partial charge is 0.0238 e. The Bertz CT molecular complexity index is 315. The fraction of sp³-hybridized carbons (Fsp3) is 1.00. The molecule has 0 amide bonds. The van der Waals surface area contributed by atoms with Crippen LogP contribution in [0, 0.1) is 11.8 Å². The number of hydrogen-bond acceptors (Lipinski definition) is 3. The molecule has 4 rings (SSSR count). The molecule has 0 aromatic rings. The molecule has 4 aliphatic rings. The van der Waals surface area contributed by atoms with Gasteiger partial charge in [-0.3, -0.25) is 9.80 Å². The molecule has 0 bridgehead atoms. The lowest BCUT2D eigenvalue weighted by molar-refractivity contribution is 0.153. The van der Waals surface area contributed by atoms with Crippen LogP contribution >= 0.6 is 0 Å². The van der Waals surface area contributed by atoms with Gasteiger partial charge in [0.05, 0.1) is 0 Å². The second-order valence-electron chi connectivity index (χ2n) is 6.92. The highest BCUT2D eigenvalue weighted by molar-refractivity contribution is 5.02. The zero-order valence-corrected chi connectivity index (χ0v) is 11.6. The van der Waals surface area contributed by atoms with E-state index < -0.39 is 0 Å². The van der Waals surface area contributed by atoms with Crippen molar-refractivity contribution in [1.29, 1.82) is 0 Å². The van der Waals surface area contributed by atoms with Crippen molar-refractivity contribution in [3.63, 3.8) is 0 Å². The minimum atomic E-state index is 0.870. The zero-order valence-electron chi connectivity index (χ0n) is 11.6. The molecular formula is C15H27N3. The van der Waals surface area contributed by atoms with Gasteiger partial charge >= 0.3 is 0 Å². The Kier molecular flexibility index (Phi) is 2.90. The highest BCUT2D eigenvalue weighted by atomic mass is 15.3. The number of likely N-dealkylation sites (tertiary alicyclic amines) is 2. The number of nitrogens with zero attached hydrogens (tertiary/aromatic N) is 2. The van der Waals surface area contributed by atoms with Crippen LogP contribution in [0.25, 0.3) is 0 Å². The van der Waals surface area contributed by atoms with Crippen LogP contribution in [0.1, 0.15) is 32.6 Å². The molecule has 4 unspecified atom stereocenters. The molecule has 3 heterocycles. The first kappa shape index (κ1) is 11.7. The van der Waals surface area contributed by atoms with Crippen LogP contribution in [0.15, 0.2) is 0 Å². The van der Waals surface area contributed by atoms with E-state index in [1.807, 2.05) is 0 Å². The van der Waals surface area contributed by atoms with E-state index in [-0.39, 0.29) is 0 Å². The summed E-state index contributed by atoms with van der Waals surface area (Å²) in [6.45, 7) is 9.06. The van der Waals surface area contributed by atoms with E-state index in [0.29, 0.717) is 0 Å². The zero-order chi connectivity index (χ0) is 12.1. The molecule has 0 spiro atoms. The van der Waals surface area contributed by atoms with E-state index in [1.165, 1.54) is 58.4 Å². The molecule has 1 aliphatic carbocycles. The van der Waals surface area contributed by atoms with Crippen molar-refractivity contribution >= 4 is 0 Å². The lowest BCUT2D eigenvalue weighted by atomic mass is 9.92. The second-order valence-corrected chi connectivity index (χ2v) is 6.92. The first-order valence-corrected chi connectivity index (χ1v) is 8.07. The third kappa shape index (κ3) is 1.83. The Balaban J connectivity index is 1.44. The van der Waals surface area contributed by atoms with Crippen LogP contribution in [0.3, 0.4) is 0 Å². The Morgan fingerprint density at radius 3 is 2.72 bits per heavy atom. The quantitative estimate of drug-likeness (QED) is 0.809. The van der Waals surface area contributed by atoms with Gasteiger partial charge in [-0.2, -0.15) is 0 Å². The minimum absolute atomic E-state index is 0.870. The molecule has 1 N–H and O–H groups in total. The molecule has 3 nitrogen and oxygen atoms in total. The standard InChI is InChI=1S/C15H27N3/c1-2-15-14-8-16-7-11(14)9-18(15)13-5-6-17(10-13)12-3-4-12/h11-16H,2-10H2,1H3. The highest BCUT2D eigenvalue weighted by Crippen LogP contribution is 2.38. The summed E-state index contributed by atoms with van der Waals surface area (Å²) >= 11 is 0. The fourth-order valence-electron chi connectivity index (χ4n) is 4.82. The summed E-state index contributed by atoms with van der Waals surface area (Å²) in [5.74, 6) is 1.90. The maximum Gasteiger partial charge on any atom is 0.0238 e. The SMILES string of the molecule is CCC1C2CNCC2CN1C1CCN(C2CC2)C1. The van der Waals surface area contributed by atoms with Crippen LogP contribution < -0.4 is 5.32 Å². The monoisotopic (exact) mass is 249 g/mol. The van der Waals surface area contributed by atoms with Crippen molar-refractivity contribution in [2.24, 2.45) is 11.8 Å². The Morgan fingerprint density at radius 2 is 1.94 bits per heavy atom. The van der Waals surface area contributed by atoms with Crippen LogP contribution in [-0.2, 0) is 0 Å². The molecule has 18 heavy (non-hydrogen) atoms. The van der Waals surface area contributed by atoms with Crippen molar-refractivity contribution < 1.29 is 0 Å². The molecule has 102 valence electrons. The first-order valence-electron chi connectivity index (χ1n) is 8.07. The van der Waals surface area contributed by atoms with Gasteiger partial charge in [0, 0.05) is 37.8 Å². The molecule has 0 radical (unpaired) electrons. The van der Waals surface area contributed by atoms with Crippen molar-refractivity contribution in [2.75, 3.05) is 32.7 Å². The molecule has 0 aromatic heterocycles. The molecule has 3 saturated heterocycles. The van der Waals surface area contributed by atoms with Gasteiger partial charge in [-0.15, -0.1) is 0 Å². The lowest BCUT2D eigenvalue weighted by Crippen LogP contribution is -2.43. The maximum absolute atomic E-state index is 3.60. The van der Waals surface area contributed by atoms with Crippen molar-refractivity contribution in [1.82, 2.24) is 15.1 Å². The van der Waals surface area contributed by atoms with Gasteiger partial charge in [-0.1, -0.05) is 6.92 Å². The summed E-state index contributed by atoms with van der Waals surface area (Å²) in [5, 5.41) is 3.60. The largest absolute Gasteiger partial charge is 0.316 e. The van der Waals surface area contributed by atoms with Crippen LogP contribution in [0.2, 0.25) is 0 Å². The van der Waals surface area contributed by atoms with Crippen LogP contribution in [0.4, 0.5) is 0 Å². The average molecular weight is 249 g/mol. The van der Waals surface area contributed by atoms with Crippen molar-refractivity contribution in [3.05, 3.63) is 0 Å². The number of hydrogen-bond donors (Lipinski definition) is 1. The summed E-state index contributed by atoms with van der Waals surface area (Å²) in [6, 6.07) is 2.72. The molecule has 3 heteroatoms. The lowest BCUT2D eigenvalue weighted by Gasteiger charge is -2.32. The topological polar surface area (TPSA) is 18.5 Å². The van der Waals surface area contributed by atoms with Crippen LogP contribution in [0.5, 0.6) is 0 Å². The van der Waals surface area contributed by atoms with Gasteiger partial charge in [-0.25, -0.2) is 0 Å². The van der Waals surface area contributed by atoms with E-state index in [4.69, 9.17) is 0 Å². The summed E-state index contributed by atoms with van der Waals surface area (Å²) in [7, 11) is 0. The third-order valence-electron chi connectivity index (χ3n) is 5.90. The van der Waals surface area contributed by atoms with E-state index in [9.17, 15) is 0 Å². The third-order valence-corrected chi connectivity index (χ3v) is 5.90. The Labute approximate surface area is 111 Å². The average Bonchev–Trinajstić information content (AvgIpc) is 2.83. The van der Waals surface area contributed by atoms with E-state index in [0.717, 1.165) is 30.0 Å². The molecule has 3 aliphatic heterocycles. The Hall–Kier alpha value is -0.120. The first-order chi connectivity index (χ1) is 8.86. The van der Waals surface area contributed by atoms with E-state index in [1.54, 1.807) is 0 Å². The Morgan fingerprint density at radius 1 is 1.06 bits per heavy atom. The molecular weight excluding hydrogens is 222 g/mol. The second kappa shape index (κ2) is 4.46. The van der Waals surface area contributed by atoms with Gasteiger partial charge in [-0.05, 0) is 50.6 Å². The molecule has 0 aromatic carbocycles. The highest BCUT2D eigenvalue weighted by Gasteiger charge is 2.47. The molecule has 4 atom stereocenters. The predicted octanol–water partition coefficient (Wildman–Crippen LogP) is 1.15. The number of fused-ring (bicyclic) bond motifs is 1. The minimum Gasteiger partial charge on any atom is -0.316 e. The maximum atomic E-state index is 3.60. The van der Waals surface area contributed by atoms with Gasteiger partial charge in [0.15, 0.2) is 0 Å². The van der Waals surface area contributed by atoms with Gasteiger partial charge in [0.2, 0.25) is 0 Å². The normalized spacial score (nSPS) is 45.8. The van der Waals surface area contributed by atoms with Gasteiger partial charge < -0.3 is 5.32 Å². The molecule has 4 fully saturated rings. The van der Waals surface area contributed by atoms with Crippen molar-refractivity contribution in [3.8, 4) is 0 Å². The number of nitrogens with one attached hydrogen (secondary N) is 1. The van der Waals surface area contributed by atoms with Gasteiger partial charge in [0.25, 0.3) is 0 Å². The summed E-state index contributed by atoms with van der Waals surface area (Å²) in [4.78, 5) is 5.67. The van der Waals surface area contributed by atoms with Crippen LogP contribution in [-0.4, -0.2) is 60.6 Å². The summed E-state index contributed by atoms with van der Waals surface area (Å²) in [5.41, 5.74) is 0. The van der Waals surface area contributed by atoms with Crippen molar-refractivity contribution in [2.45, 2.75) is 50.7 Å².